The maximum Gasteiger partial charge on any atom is 0.248 e. The number of carbonyl (C=O) groups excluding carboxylic acids is 2. The van der Waals surface area contributed by atoms with Gasteiger partial charge in [-0.15, -0.1) is 12.4 Å². The quantitative estimate of drug-likeness (QED) is 0.774. The Kier molecular flexibility index (Phi) is 6.74. The van der Waals surface area contributed by atoms with E-state index in [0.717, 1.165) is 0 Å². The van der Waals surface area contributed by atoms with E-state index in [1.807, 2.05) is 0 Å². The monoisotopic (exact) mass is 337 g/mol. The molecule has 1 unspecified atom stereocenters. The molecule has 4 N–H and O–H groups in total. The Hall–Kier alpha value is -2.38. The van der Waals surface area contributed by atoms with Crippen molar-refractivity contribution < 1.29 is 9.59 Å². The van der Waals surface area contributed by atoms with Crippen molar-refractivity contribution in [1.82, 2.24) is 9.78 Å². The Morgan fingerprint density at radius 1 is 1.13 bits per heavy atom. The Balaban J connectivity index is 0.00000264. The smallest absolute Gasteiger partial charge is 0.248 e. The van der Waals surface area contributed by atoms with E-state index >= 15 is 0 Å². The Bertz CT molecular complexity index is 658. The first kappa shape index (κ1) is 18.7. The molecule has 0 saturated heterocycles. The van der Waals surface area contributed by atoms with Gasteiger partial charge in [-0.2, -0.15) is 5.10 Å². The number of anilines is 2. The predicted octanol–water partition coefficient (Wildman–Crippen LogP) is 1.79. The number of nitrogens with two attached hydrogens (primary N) is 1. The molecule has 23 heavy (non-hydrogen) atoms. The summed E-state index contributed by atoms with van der Waals surface area (Å²) in [5.41, 5.74) is 6.67. The van der Waals surface area contributed by atoms with Crippen LogP contribution in [0.25, 0.3) is 0 Å². The summed E-state index contributed by atoms with van der Waals surface area (Å²) < 4.78 is 1.57. The molecule has 0 aliphatic rings. The van der Waals surface area contributed by atoms with Gasteiger partial charge in [0.15, 0.2) is 0 Å². The van der Waals surface area contributed by atoms with E-state index in [-0.39, 0.29) is 24.2 Å². The number of rotatable bonds is 5. The number of hydrogen-bond donors (Lipinski definition) is 3. The fourth-order valence-electron chi connectivity index (χ4n) is 1.81. The lowest BCUT2D eigenvalue weighted by Crippen LogP contribution is -2.32. The number of benzene rings is 1. The van der Waals surface area contributed by atoms with Gasteiger partial charge >= 0.3 is 0 Å². The summed E-state index contributed by atoms with van der Waals surface area (Å²) in [4.78, 5) is 23.7. The van der Waals surface area contributed by atoms with Crippen molar-refractivity contribution in [2.45, 2.75) is 25.9 Å². The number of nitrogens with one attached hydrogen (secondary N) is 2. The maximum absolute atomic E-state index is 12.2. The molecule has 2 rings (SSSR count). The van der Waals surface area contributed by atoms with Crippen molar-refractivity contribution in [2.75, 3.05) is 10.6 Å². The summed E-state index contributed by atoms with van der Waals surface area (Å²) in [7, 11) is 0. The highest BCUT2D eigenvalue weighted by Crippen LogP contribution is 2.17. The van der Waals surface area contributed by atoms with Gasteiger partial charge in [-0.3, -0.25) is 14.3 Å². The molecule has 1 heterocycles. The third kappa shape index (κ3) is 5.08. The lowest BCUT2D eigenvalue weighted by atomic mass is 10.2. The Labute approximate surface area is 140 Å². The minimum Gasteiger partial charge on any atom is -0.325 e. The highest BCUT2D eigenvalue weighted by molar-refractivity contribution is 5.96. The molecule has 1 aromatic carbocycles. The van der Waals surface area contributed by atoms with Crippen molar-refractivity contribution in [3.63, 3.8) is 0 Å². The van der Waals surface area contributed by atoms with Crippen LogP contribution >= 0.6 is 12.4 Å². The van der Waals surface area contributed by atoms with E-state index in [2.05, 4.69) is 15.7 Å². The van der Waals surface area contributed by atoms with Gasteiger partial charge in [0.25, 0.3) is 0 Å². The molecule has 0 aliphatic heterocycles. The number of hydrogen-bond acceptors (Lipinski definition) is 4. The van der Waals surface area contributed by atoms with Gasteiger partial charge in [0.1, 0.15) is 6.04 Å². The molecule has 0 fully saturated rings. The van der Waals surface area contributed by atoms with E-state index < -0.39 is 12.1 Å². The normalized spacial score (nSPS) is 12.7. The van der Waals surface area contributed by atoms with Crippen molar-refractivity contribution in [1.29, 1.82) is 0 Å². The number of carbonyl (C=O) groups is 2. The van der Waals surface area contributed by atoms with Crippen LogP contribution in [0.15, 0.2) is 42.7 Å². The summed E-state index contributed by atoms with van der Waals surface area (Å²) in [5, 5.41) is 9.51. The summed E-state index contributed by atoms with van der Waals surface area (Å²) >= 11 is 0. The number of halogens is 1. The highest BCUT2D eigenvalue weighted by atomic mass is 35.5. The van der Waals surface area contributed by atoms with Crippen LogP contribution < -0.4 is 16.4 Å². The second kappa shape index (κ2) is 8.30. The van der Waals surface area contributed by atoms with Gasteiger partial charge < -0.3 is 16.4 Å². The largest absolute Gasteiger partial charge is 0.325 e. The zero-order valence-corrected chi connectivity index (χ0v) is 13.7. The van der Waals surface area contributed by atoms with E-state index in [4.69, 9.17) is 5.73 Å². The maximum atomic E-state index is 12.2. The summed E-state index contributed by atoms with van der Waals surface area (Å²) in [5.74, 6) is -0.479. The van der Waals surface area contributed by atoms with Crippen LogP contribution in [0.2, 0.25) is 0 Å². The van der Waals surface area contributed by atoms with Gasteiger partial charge in [-0.25, -0.2) is 0 Å². The van der Waals surface area contributed by atoms with Crippen LogP contribution in [-0.2, 0) is 9.59 Å². The van der Waals surface area contributed by atoms with E-state index in [0.29, 0.717) is 11.4 Å². The predicted molar refractivity (Wildman–Crippen MR) is 91.5 cm³/mol. The van der Waals surface area contributed by atoms with Gasteiger partial charge in [0.05, 0.1) is 6.04 Å². The topological polar surface area (TPSA) is 102 Å². The van der Waals surface area contributed by atoms with Crippen molar-refractivity contribution in [3.8, 4) is 0 Å². The Morgan fingerprint density at radius 3 is 2.26 bits per heavy atom. The van der Waals surface area contributed by atoms with Crippen LogP contribution in [0, 0.1) is 0 Å². The van der Waals surface area contributed by atoms with Crippen molar-refractivity contribution >= 4 is 35.6 Å². The van der Waals surface area contributed by atoms with Crippen LogP contribution in [0.1, 0.15) is 19.9 Å². The lowest BCUT2D eigenvalue weighted by Gasteiger charge is -2.14. The second-order valence-electron chi connectivity index (χ2n) is 5.01. The fourth-order valence-corrected chi connectivity index (χ4v) is 1.81. The minimum absolute atomic E-state index is 0. The first-order chi connectivity index (χ1) is 10.5. The molecule has 0 saturated carbocycles. The van der Waals surface area contributed by atoms with Crippen molar-refractivity contribution in [2.24, 2.45) is 5.73 Å². The molecule has 1 aromatic heterocycles. The third-order valence-corrected chi connectivity index (χ3v) is 3.11. The molecule has 7 nitrogen and oxygen atoms in total. The molecule has 2 atom stereocenters. The van der Waals surface area contributed by atoms with Gasteiger partial charge in [0.2, 0.25) is 11.8 Å². The Morgan fingerprint density at radius 2 is 1.74 bits per heavy atom. The highest BCUT2D eigenvalue weighted by Gasteiger charge is 2.15. The first-order valence-electron chi connectivity index (χ1n) is 6.94. The second-order valence-corrected chi connectivity index (χ2v) is 5.01. The average Bonchev–Trinajstić information content (AvgIpc) is 3.00. The number of aromatic nitrogens is 2. The minimum atomic E-state index is -0.599. The van der Waals surface area contributed by atoms with Crippen molar-refractivity contribution in [3.05, 3.63) is 42.7 Å². The molecular weight excluding hydrogens is 318 g/mol. The van der Waals surface area contributed by atoms with Crippen LogP contribution in [0.5, 0.6) is 0 Å². The van der Waals surface area contributed by atoms with E-state index in [1.54, 1.807) is 61.3 Å². The first-order valence-corrected chi connectivity index (χ1v) is 6.94. The number of nitrogens with zero attached hydrogens (tertiary/aromatic N) is 2. The van der Waals surface area contributed by atoms with Gasteiger partial charge in [-0.05, 0) is 38.1 Å². The molecule has 2 aromatic rings. The standard InChI is InChI=1S/C15H19N5O2.ClH/c1-10(16)14(21)18-12-5-3-6-13(9-12)19-15(22)11(2)20-8-4-7-17-20;/h3-11H,16H2,1-2H3,(H,18,21)(H,19,22);1H/t10-,11?;/m1./s1. The lowest BCUT2D eigenvalue weighted by molar-refractivity contribution is -0.119. The number of amides is 2. The molecule has 0 aliphatic carbocycles. The fraction of sp³-hybridized carbons (Fsp3) is 0.267. The van der Waals surface area contributed by atoms with E-state index in [1.165, 1.54) is 0 Å². The molecule has 8 heteroatoms. The van der Waals surface area contributed by atoms with Gasteiger partial charge in [-0.1, -0.05) is 6.07 Å². The molecule has 0 spiro atoms. The van der Waals surface area contributed by atoms with Crippen LogP contribution in [0.3, 0.4) is 0 Å². The van der Waals surface area contributed by atoms with Crippen LogP contribution in [-0.4, -0.2) is 27.6 Å². The zero-order chi connectivity index (χ0) is 16.1. The summed E-state index contributed by atoms with van der Waals surface area (Å²) in [6, 6.07) is 7.62. The SMILES string of the molecule is CC(C(=O)Nc1cccc(NC(=O)[C@@H](C)N)c1)n1cccn1.Cl. The summed E-state index contributed by atoms with van der Waals surface area (Å²) in [6.45, 7) is 3.36. The average molecular weight is 338 g/mol. The molecular formula is C15H20ClN5O2. The van der Waals surface area contributed by atoms with E-state index in [9.17, 15) is 9.59 Å². The third-order valence-electron chi connectivity index (χ3n) is 3.11. The summed E-state index contributed by atoms with van der Waals surface area (Å²) in [6.07, 6.45) is 3.34. The van der Waals surface area contributed by atoms with Gasteiger partial charge in [0, 0.05) is 23.8 Å². The molecule has 124 valence electrons. The zero-order valence-electron chi connectivity index (χ0n) is 12.9. The molecule has 0 radical (unpaired) electrons. The molecule has 0 bridgehead atoms. The molecule has 2 amide bonds. The van der Waals surface area contributed by atoms with Crippen LogP contribution in [0.4, 0.5) is 11.4 Å².